The summed E-state index contributed by atoms with van der Waals surface area (Å²) in [6, 6.07) is 12.4. The highest BCUT2D eigenvalue weighted by Crippen LogP contribution is 2.28. The van der Waals surface area contributed by atoms with Gasteiger partial charge in [-0.15, -0.1) is 10.2 Å². The van der Waals surface area contributed by atoms with Crippen LogP contribution in [0.2, 0.25) is 0 Å². The van der Waals surface area contributed by atoms with Gasteiger partial charge >= 0.3 is 0 Å². The number of rotatable bonds is 6. The summed E-state index contributed by atoms with van der Waals surface area (Å²) in [5, 5.41) is 9.66. The molecule has 0 bridgehead atoms. The first-order chi connectivity index (χ1) is 14.9. The number of benzene rings is 2. The van der Waals surface area contributed by atoms with E-state index >= 15 is 0 Å². The number of anilines is 1. The summed E-state index contributed by atoms with van der Waals surface area (Å²) in [5.74, 6) is 1.22. The van der Waals surface area contributed by atoms with Crippen LogP contribution in [0.3, 0.4) is 0 Å². The van der Waals surface area contributed by atoms with Crippen LogP contribution in [0.5, 0.6) is 0 Å². The van der Waals surface area contributed by atoms with Crippen LogP contribution in [0.1, 0.15) is 32.6 Å². The van der Waals surface area contributed by atoms with Gasteiger partial charge in [0.2, 0.25) is 5.95 Å². The summed E-state index contributed by atoms with van der Waals surface area (Å²) in [7, 11) is 0. The lowest BCUT2D eigenvalue weighted by Crippen LogP contribution is -2.37. The normalized spacial score (nSPS) is 14.1. The smallest absolute Gasteiger partial charge is 0.232 e. The van der Waals surface area contributed by atoms with Crippen LogP contribution in [0.25, 0.3) is 5.69 Å². The number of hydrogen-bond acceptors (Lipinski definition) is 6. The van der Waals surface area contributed by atoms with Gasteiger partial charge in [-0.1, -0.05) is 35.5 Å². The molecule has 31 heavy (non-hydrogen) atoms. The maximum Gasteiger partial charge on any atom is 0.232 e. The van der Waals surface area contributed by atoms with E-state index in [-0.39, 0.29) is 5.78 Å². The van der Waals surface area contributed by atoms with Crippen LogP contribution in [-0.2, 0) is 4.74 Å². The summed E-state index contributed by atoms with van der Waals surface area (Å²) in [6.07, 6.45) is 0. The van der Waals surface area contributed by atoms with Crippen molar-refractivity contribution in [2.45, 2.75) is 32.9 Å². The summed E-state index contributed by atoms with van der Waals surface area (Å²) >= 11 is 1.43. The molecular weight excluding hydrogens is 408 g/mol. The molecule has 1 aliphatic heterocycles. The van der Waals surface area contributed by atoms with Gasteiger partial charge in [0.15, 0.2) is 10.9 Å². The van der Waals surface area contributed by atoms with E-state index in [2.05, 4.69) is 63.8 Å². The fourth-order valence-corrected chi connectivity index (χ4v) is 4.54. The molecule has 4 rings (SSSR count). The predicted molar refractivity (Wildman–Crippen MR) is 125 cm³/mol. The number of ether oxygens (including phenoxy) is 1. The Hall–Kier alpha value is -2.64. The molecule has 0 N–H and O–H groups in total. The van der Waals surface area contributed by atoms with Crippen LogP contribution in [0.4, 0.5) is 5.95 Å². The lowest BCUT2D eigenvalue weighted by Gasteiger charge is -2.28. The van der Waals surface area contributed by atoms with Crippen molar-refractivity contribution in [3.8, 4) is 5.69 Å². The van der Waals surface area contributed by atoms with Crippen molar-refractivity contribution in [1.82, 2.24) is 14.8 Å². The predicted octanol–water partition coefficient (Wildman–Crippen LogP) is 4.31. The van der Waals surface area contributed by atoms with Crippen LogP contribution in [0.15, 0.2) is 41.6 Å². The molecule has 7 heteroatoms. The van der Waals surface area contributed by atoms with Crippen LogP contribution < -0.4 is 4.90 Å². The van der Waals surface area contributed by atoms with E-state index in [1.54, 1.807) is 0 Å². The second kappa shape index (κ2) is 9.24. The third-order valence-electron chi connectivity index (χ3n) is 5.68. The van der Waals surface area contributed by atoms with Gasteiger partial charge in [-0.2, -0.15) is 0 Å². The Morgan fingerprint density at radius 1 is 0.968 bits per heavy atom. The molecule has 1 aliphatic rings. The van der Waals surface area contributed by atoms with Crippen LogP contribution in [-0.4, -0.2) is 52.6 Å². The lowest BCUT2D eigenvalue weighted by atomic mass is 9.99. The largest absolute Gasteiger partial charge is 0.378 e. The molecule has 3 aromatic rings. The molecule has 6 nitrogen and oxygen atoms in total. The minimum atomic E-state index is 0.108. The van der Waals surface area contributed by atoms with E-state index in [9.17, 15) is 4.79 Å². The van der Waals surface area contributed by atoms with E-state index in [4.69, 9.17) is 4.74 Å². The number of ketones is 1. The molecule has 1 aromatic heterocycles. The number of thioether (sulfide) groups is 1. The first-order valence-corrected chi connectivity index (χ1v) is 11.5. The molecule has 0 unspecified atom stereocenters. The third-order valence-corrected chi connectivity index (χ3v) is 6.60. The molecule has 0 aliphatic carbocycles. The molecule has 1 saturated heterocycles. The monoisotopic (exact) mass is 436 g/mol. The quantitative estimate of drug-likeness (QED) is 0.424. The molecule has 162 valence electrons. The summed E-state index contributed by atoms with van der Waals surface area (Å²) in [4.78, 5) is 15.2. The maximum absolute atomic E-state index is 13.0. The first-order valence-electron chi connectivity index (χ1n) is 10.5. The average molecular weight is 437 g/mol. The second-order valence-corrected chi connectivity index (χ2v) is 8.96. The van der Waals surface area contributed by atoms with Crippen molar-refractivity contribution in [3.63, 3.8) is 0 Å². The zero-order valence-corrected chi connectivity index (χ0v) is 19.3. The molecular formula is C24H28N4O2S. The highest BCUT2D eigenvalue weighted by atomic mass is 32.2. The molecule has 0 spiro atoms. The lowest BCUT2D eigenvalue weighted by molar-refractivity contribution is 0.102. The van der Waals surface area contributed by atoms with Crippen molar-refractivity contribution in [2.24, 2.45) is 0 Å². The van der Waals surface area contributed by atoms with Crippen molar-refractivity contribution < 1.29 is 9.53 Å². The molecule has 2 aromatic carbocycles. The first kappa shape index (κ1) is 21.6. The number of carbonyl (C=O) groups is 1. The zero-order chi connectivity index (χ0) is 22.0. The number of nitrogens with zero attached hydrogens (tertiary/aromatic N) is 4. The molecule has 0 amide bonds. The van der Waals surface area contributed by atoms with Gasteiger partial charge in [-0.3, -0.25) is 9.36 Å². The van der Waals surface area contributed by atoms with Gasteiger partial charge in [0.25, 0.3) is 0 Å². The Balaban J connectivity index is 1.62. The van der Waals surface area contributed by atoms with Crippen LogP contribution in [0, 0.1) is 27.7 Å². The fourth-order valence-electron chi connectivity index (χ4n) is 3.71. The van der Waals surface area contributed by atoms with Gasteiger partial charge in [0.05, 0.1) is 24.7 Å². The van der Waals surface area contributed by atoms with Crippen molar-refractivity contribution >= 4 is 23.5 Å². The minimum absolute atomic E-state index is 0.108. The Labute approximate surface area is 187 Å². The minimum Gasteiger partial charge on any atom is -0.378 e. The Morgan fingerprint density at radius 3 is 2.35 bits per heavy atom. The van der Waals surface area contributed by atoms with Crippen molar-refractivity contribution in [3.05, 3.63) is 64.2 Å². The number of Topliss-reactive ketones (excluding diaryl/α,β-unsaturated/α-hetero) is 1. The fraction of sp³-hybridized carbons (Fsp3) is 0.375. The SMILES string of the molecule is Cc1ccc(-n2c(SCC(=O)c3cc(C)c(C)cc3C)nnc2N2CCOCC2)cc1. The Bertz CT molecular complexity index is 1090. The Morgan fingerprint density at radius 2 is 1.65 bits per heavy atom. The standard InChI is InChI=1S/C24H28N4O2S/c1-16-5-7-20(8-6-16)28-23(27-9-11-30-12-10-27)25-26-24(28)31-15-22(29)21-14-18(3)17(2)13-19(21)4/h5-8,13-14H,9-12,15H2,1-4H3. The third kappa shape index (κ3) is 4.67. The Kier molecular flexibility index (Phi) is 6.43. The molecule has 2 heterocycles. The average Bonchev–Trinajstić information content (AvgIpc) is 3.19. The molecule has 0 radical (unpaired) electrons. The number of hydrogen-bond donors (Lipinski definition) is 0. The zero-order valence-electron chi connectivity index (χ0n) is 18.5. The van der Waals surface area contributed by atoms with E-state index < -0.39 is 0 Å². The number of aromatic nitrogens is 3. The van der Waals surface area contributed by atoms with Gasteiger partial charge < -0.3 is 9.64 Å². The van der Waals surface area contributed by atoms with Crippen molar-refractivity contribution in [1.29, 1.82) is 0 Å². The highest BCUT2D eigenvalue weighted by Gasteiger charge is 2.22. The van der Waals surface area contributed by atoms with Gasteiger partial charge in [0, 0.05) is 18.7 Å². The molecule has 0 atom stereocenters. The van der Waals surface area contributed by atoms with E-state index in [0.29, 0.717) is 19.0 Å². The number of aryl methyl sites for hydroxylation is 4. The summed E-state index contributed by atoms with van der Waals surface area (Å²) in [5.41, 5.74) is 6.33. The van der Waals surface area contributed by atoms with Gasteiger partial charge in [0.1, 0.15) is 0 Å². The summed E-state index contributed by atoms with van der Waals surface area (Å²) in [6.45, 7) is 11.1. The van der Waals surface area contributed by atoms with Gasteiger partial charge in [-0.05, 0) is 62.6 Å². The van der Waals surface area contributed by atoms with Crippen LogP contribution >= 0.6 is 11.8 Å². The maximum atomic E-state index is 13.0. The topological polar surface area (TPSA) is 60.2 Å². The number of morpholine rings is 1. The van der Waals surface area contributed by atoms with Crippen molar-refractivity contribution in [2.75, 3.05) is 37.0 Å². The van der Waals surface area contributed by atoms with E-state index in [0.717, 1.165) is 46.6 Å². The second-order valence-electron chi connectivity index (χ2n) is 8.02. The van der Waals surface area contributed by atoms with E-state index in [1.165, 1.54) is 22.9 Å². The number of carbonyl (C=O) groups excluding carboxylic acids is 1. The molecule has 0 saturated carbocycles. The molecule has 1 fully saturated rings. The van der Waals surface area contributed by atoms with Gasteiger partial charge in [-0.25, -0.2) is 0 Å². The highest BCUT2D eigenvalue weighted by molar-refractivity contribution is 7.99. The summed E-state index contributed by atoms with van der Waals surface area (Å²) < 4.78 is 7.55. The van der Waals surface area contributed by atoms with E-state index in [1.807, 2.05) is 19.9 Å².